The van der Waals surface area contributed by atoms with Crippen LogP contribution in [0.2, 0.25) is 0 Å². The molecule has 1 aromatic heterocycles. The number of hydrogen-bond donors (Lipinski definition) is 2. The summed E-state index contributed by atoms with van der Waals surface area (Å²) < 4.78 is 5.37. The number of amides is 2. The number of benzene rings is 1. The Bertz CT molecular complexity index is 804. The van der Waals surface area contributed by atoms with Gasteiger partial charge in [-0.25, -0.2) is 4.98 Å². The number of oxazole rings is 1. The van der Waals surface area contributed by atoms with E-state index in [4.69, 9.17) is 4.42 Å². The van der Waals surface area contributed by atoms with Crippen LogP contribution in [-0.2, 0) is 4.79 Å². The van der Waals surface area contributed by atoms with Gasteiger partial charge >= 0.3 is 0 Å². The van der Waals surface area contributed by atoms with E-state index < -0.39 is 0 Å². The van der Waals surface area contributed by atoms with Gasteiger partial charge in [0.2, 0.25) is 11.7 Å². The number of aryl methyl sites for hydroxylation is 3. The highest BCUT2D eigenvalue weighted by molar-refractivity contribution is 6.06. The second kappa shape index (κ2) is 7.09. The van der Waals surface area contributed by atoms with Crippen LogP contribution in [0.5, 0.6) is 0 Å². The summed E-state index contributed by atoms with van der Waals surface area (Å²) in [5.74, 6) is 0.335. The standard InChI is InChI=1S/C19H23N3O3/c1-11-8-9-15(21-18(23)14-6-4-5-7-14)16(10-11)22-19(24)17-12(2)20-13(3)25-17/h8-10,14H,4-7H2,1-3H3,(H,21,23)(H,22,24). The lowest BCUT2D eigenvalue weighted by atomic mass is 10.1. The second-order valence-corrected chi connectivity index (χ2v) is 6.62. The molecule has 2 N–H and O–H groups in total. The first kappa shape index (κ1) is 17.2. The van der Waals surface area contributed by atoms with E-state index in [9.17, 15) is 9.59 Å². The van der Waals surface area contributed by atoms with Crippen LogP contribution in [0.3, 0.4) is 0 Å². The minimum absolute atomic E-state index is 0.0172. The van der Waals surface area contributed by atoms with Gasteiger partial charge in [0, 0.05) is 12.8 Å². The lowest BCUT2D eigenvalue weighted by molar-refractivity contribution is -0.119. The van der Waals surface area contributed by atoms with E-state index >= 15 is 0 Å². The van der Waals surface area contributed by atoms with Crippen LogP contribution >= 0.6 is 0 Å². The smallest absolute Gasteiger partial charge is 0.293 e. The Labute approximate surface area is 147 Å². The first-order chi connectivity index (χ1) is 11.9. The van der Waals surface area contributed by atoms with Crippen molar-refractivity contribution >= 4 is 23.2 Å². The summed E-state index contributed by atoms with van der Waals surface area (Å²) in [6.45, 7) is 5.36. The largest absolute Gasteiger partial charge is 0.436 e. The van der Waals surface area contributed by atoms with Crippen LogP contribution in [0.1, 0.15) is 53.4 Å². The fourth-order valence-corrected chi connectivity index (χ4v) is 3.21. The number of nitrogens with one attached hydrogen (secondary N) is 2. The molecular weight excluding hydrogens is 318 g/mol. The van der Waals surface area contributed by atoms with E-state index in [1.165, 1.54) is 0 Å². The molecule has 0 spiro atoms. The zero-order chi connectivity index (χ0) is 18.0. The van der Waals surface area contributed by atoms with E-state index in [2.05, 4.69) is 15.6 Å². The molecule has 0 aliphatic heterocycles. The summed E-state index contributed by atoms with van der Waals surface area (Å²) in [6.07, 6.45) is 4.05. The first-order valence-corrected chi connectivity index (χ1v) is 8.61. The number of carbonyl (C=O) groups excluding carboxylic acids is 2. The van der Waals surface area contributed by atoms with Crippen molar-refractivity contribution in [3.05, 3.63) is 41.1 Å². The van der Waals surface area contributed by atoms with E-state index in [1.807, 2.05) is 25.1 Å². The number of carbonyl (C=O) groups is 2. The third-order valence-corrected chi connectivity index (χ3v) is 4.52. The maximum absolute atomic E-state index is 12.5. The predicted molar refractivity (Wildman–Crippen MR) is 95.7 cm³/mol. The molecule has 0 radical (unpaired) electrons. The van der Waals surface area contributed by atoms with E-state index in [1.54, 1.807) is 13.8 Å². The Kier molecular flexibility index (Phi) is 4.88. The topological polar surface area (TPSA) is 84.2 Å². The number of nitrogens with zero attached hydrogens (tertiary/aromatic N) is 1. The number of hydrogen-bond acceptors (Lipinski definition) is 4. The van der Waals surface area contributed by atoms with Crippen LogP contribution in [0.4, 0.5) is 11.4 Å². The third-order valence-electron chi connectivity index (χ3n) is 4.52. The highest BCUT2D eigenvalue weighted by Crippen LogP contribution is 2.29. The normalized spacial score (nSPS) is 14.5. The summed E-state index contributed by atoms with van der Waals surface area (Å²) >= 11 is 0. The molecule has 1 aliphatic carbocycles. The summed E-state index contributed by atoms with van der Waals surface area (Å²) in [5.41, 5.74) is 2.69. The fraction of sp³-hybridized carbons (Fsp3) is 0.421. The molecule has 1 saturated carbocycles. The highest BCUT2D eigenvalue weighted by atomic mass is 16.4. The first-order valence-electron chi connectivity index (χ1n) is 8.61. The molecule has 6 heteroatoms. The highest BCUT2D eigenvalue weighted by Gasteiger charge is 2.24. The van der Waals surface area contributed by atoms with Gasteiger partial charge in [0.15, 0.2) is 5.89 Å². The molecule has 1 aromatic carbocycles. The Balaban J connectivity index is 1.80. The summed E-state index contributed by atoms with van der Waals surface area (Å²) in [5, 5.41) is 5.79. The maximum Gasteiger partial charge on any atom is 0.293 e. The molecule has 0 saturated heterocycles. The Morgan fingerprint density at radius 3 is 2.44 bits per heavy atom. The van der Waals surface area contributed by atoms with E-state index in [-0.39, 0.29) is 23.5 Å². The second-order valence-electron chi connectivity index (χ2n) is 6.62. The molecule has 2 aromatic rings. The van der Waals surface area contributed by atoms with Gasteiger partial charge in [-0.05, 0) is 44.4 Å². The van der Waals surface area contributed by atoms with Crippen molar-refractivity contribution in [2.75, 3.05) is 10.6 Å². The molecule has 1 aliphatic rings. The molecule has 132 valence electrons. The molecule has 25 heavy (non-hydrogen) atoms. The number of rotatable bonds is 4. The van der Waals surface area contributed by atoms with Crippen LogP contribution < -0.4 is 10.6 Å². The molecular formula is C19H23N3O3. The minimum atomic E-state index is -0.375. The fourth-order valence-electron chi connectivity index (χ4n) is 3.21. The minimum Gasteiger partial charge on any atom is -0.436 e. The lowest BCUT2D eigenvalue weighted by Crippen LogP contribution is -2.22. The summed E-state index contributed by atoms with van der Waals surface area (Å²) in [7, 11) is 0. The maximum atomic E-state index is 12.5. The quantitative estimate of drug-likeness (QED) is 0.881. The zero-order valence-corrected chi connectivity index (χ0v) is 14.8. The molecule has 6 nitrogen and oxygen atoms in total. The van der Waals surface area contributed by atoms with Crippen molar-refractivity contribution in [3.63, 3.8) is 0 Å². The van der Waals surface area contributed by atoms with Crippen LogP contribution in [0, 0.1) is 26.7 Å². The number of anilines is 2. The number of aromatic nitrogens is 1. The Hall–Kier alpha value is -2.63. The van der Waals surface area contributed by atoms with Gasteiger partial charge in [0.25, 0.3) is 5.91 Å². The van der Waals surface area contributed by atoms with Crippen LogP contribution in [0.25, 0.3) is 0 Å². The average molecular weight is 341 g/mol. The summed E-state index contributed by atoms with van der Waals surface area (Å²) in [4.78, 5) is 29.0. The van der Waals surface area contributed by atoms with Gasteiger partial charge in [-0.15, -0.1) is 0 Å². The van der Waals surface area contributed by atoms with Gasteiger partial charge < -0.3 is 15.1 Å². The SMILES string of the molecule is Cc1ccc(NC(=O)C2CCCC2)c(NC(=O)c2oc(C)nc2C)c1. The van der Waals surface area contributed by atoms with Gasteiger partial charge in [-0.1, -0.05) is 18.9 Å². The monoisotopic (exact) mass is 341 g/mol. The van der Waals surface area contributed by atoms with Crippen molar-refractivity contribution in [1.29, 1.82) is 0 Å². The van der Waals surface area contributed by atoms with Crippen molar-refractivity contribution < 1.29 is 14.0 Å². The van der Waals surface area contributed by atoms with E-state index in [0.29, 0.717) is 23.0 Å². The van der Waals surface area contributed by atoms with Gasteiger partial charge in [0.05, 0.1) is 17.1 Å². The molecule has 0 atom stereocenters. The molecule has 0 unspecified atom stereocenters. The van der Waals surface area contributed by atoms with Crippen molar-refractivity contribution in [1.82, 2.24) is 4.98 Å². The van der Waals surface area contributed by atoms with Gasteiger partial charge in [-0.3, -0.25) is 9.59 Å². The Morgan fingerprint density at radius 1 is 1.08 bits per heavy atom. The van der Waals surface area contributed by atoms with Crippen molar-refractivity contribution in [3.8, 4) is 0 Å². The molecule has 0 bridgehead atoms. The molecule has 1 heterocycles. The van der Waals surface area contributed by atoms with Gasteiger partial charge in [0.1, 0.15) is 0 Å². The van der Waals surface area contributed by atoms with Gasteiger partial charge in [-0.2, -0.15) is 0 Å². The molecule has 2 amide bonds. The summed E-state index contributed by atoms with van der Waals surface area (Å²) in [6, 6.07) is 5.56. The van der Waals surface area contributed by atoms with Crippen LogP contribution in [0.15, 0.2) is 22.6 Å². The lowest BCUT2D eigenvalue weighted by Gasteiger charge is -2.15. The zero-order valence-electron chi connectivity index (χ0n) is 14.8. The van der Waals surface area contributed by atoms with Crippen molar-refractivity contribution in [2.45, 2.75) is 46.5 Å². The predicted octanol–water partition coefficient (Wildman–Crippen LogP) is 3.98. The third kappa shape index (κ3) is 3.90. The van der Waals surface area contributed by atoms with E-state index in [0.717, 1.165) is 31.2 Å². The molecule has 3 rings (SSSR count). The average Bonchev–Trinajstić information content (AvgIpc) is 3.19. The van der Waals surface area contributed by atoms with Crippen molar-refractivity contribution in [2.24, 2.45) is 5.92 Å². The molecule has 1 fully saturated rings. The Morgan fingerprint density at radius 2 is 1.80 bits per heavy atom. The van der Waals surface area contributed by atoms with Crippen LogP contribution in [-0.4, -0.2) is 16.8 Å².